The largest absolute Gasteiger partial charge is 0.495 e. The Morgan fingerprint density at radius 2 is 0.851 bits per heavy atom. The van der Waals surface area contributed by atoms with E-state index in [0.29, 0.717) is 42.7 Å². The average molecular weight is 2410 g/mol. The van der Waals surface area contributed by atoms with Gasteiger partial charge in [-0.05, 0) is 276 Å². The summed E-state index contributed by atoms with van der Waals surface area (Å²) in [4.78, 5) is 180. The minimum atomic E-state index is -4.78. The molecule has 4 aromatic rings. The molecule has 4 aromatic carbocycles. The fraction of sp³-hybridized carbons (Fsp3) is 0.544. The van der Waals surface area contributed by atoms with Crippen LogP contribution in [0.4, 0.5) is 0 Å². The Kier molecular flexibility index (Phi) is 48.7. The van der Waals surface area contributed by atoms with Crippen LogP contribution in [0, 0.1) is 33.3 Å². The van der Waals surface area contributed by atoms with Gasteiger partial charge in [-0.25, -0.2) is 23.5 Å². The first-order chi connectivity index (χ1) is 56.4. The molecule has 10 N–H and O–H groups in total. The number of nitrogens with one attached hydrogen (secondary N) is 6. The quantitative estimate of drug-likeness (QED) is 0.00646. The van der Waals surface area contributed by atoms with Crippen LogP contribution in [0.3, 0.4) is 0 Å². The number of carboxylic acid groups (broad SMARTS) is 1. The van der Waals surface area contributed by atoms with E-state index >= 15 is 0 Å². The molecule has 0 bridgehead atoms. The number of carboxylic acids is 1. The highest BCUT2D eigenvalue weighted by molar-refractivity contribution is 14.1. The number of carbonyl (C=O) groups excluding carboxylic acids is 11. The molecule has 0 aliphatic carbocycles. The zero-order valence-electron chi connectivity index (χ0n) is 69.9. The first-order valence-electron chi connectivity index (χ1n) is 38.2. The Morgan fingerprint density at radius 1 is 0.504 bits per heavy atom. The number of aliphatic carboxylic acids is 1. The number of hydrogen-bond donors (Lipinski definition) is 10. The number of amides is 8. The molecule has 1 aliphatic heterocycles. The number of hydrogen-bond acceptors (Lipinski definition) is 24. The molecule has 1 heterocycles. The topological polar surface area (TPSA) is 478 Å². The molecule has 0 saturated carbocycles. The summed E-state index contributed by atoms with van der Waals surface area (Å²) < 4.78 is 71.7. The van der Waals surface area contributed by atoms with Gasteiger partial charge >= 0.3 is 39.5 Å². The average Bonchev–Trinajstić information content (AvgIpc) is 0.877. The Bertz CT molecular complexity index is 4310. The molecular formula is C79H109I6N7O27P2. The zero-order valence-corrected chi connectivity index (χ0v) is 84.6. The van der Waals surface area contributed by atoms with Gasteiger partial charge in [-0.1, -0.05) is 76.2 Å². The van der Waals surface area contributed by atoms with Gasteiger partial charge in [-0.3, -0.25) is 61.2 Å². The normalized spacial score (nSPS) is 14.6. The number of unbranched alkanes of at least 4 members (excludes halogenated alkanes) is 2. The minimum Gasteiger partial charge on any atom is -0.495 e. The molecule has 674 valence electrons. The lowest BCUT2D eigenvalue weighted by molar-refractivity contribution is -0.197. The minimum absolute atomic E-state index is 0.0522. The second-order valence-corrected chi connectivity index (χ2v) is 40.1. The van der Waals surface area contributed by atoms with Gasteiger partial charge in [0.15, 0.2) is 0 Å². The molecule has 8 amide bonds. The molecule has 121 heavy (non-hydrogen) atoms. The number of hydroxylamine groups is 2. The van der Waals surface area contributed by atoms with Crippen LogP contribution in [0.25, 0.3) is 0 Å². The highest BCUT2D eigenvalue weighted by Crippen LogP contribution is 2.45. The number of imide groups is 1. The van der Waals surface area contributed by atoms with Crippen molar-refractivity contribution in [1.29, 1.82) is 0 Å². The first-order valence-corrected chi connectivity index (χ1v) is 47.7. The van der Waals surface area contributed by atoms with E-state index < -0.39 is 160 Å². The first kappa shape index (κ1) is 110. The molecule has 1 saturated heterocycles. The van der Waals surface area contributed by atoms with Crippen LogP contribution in [0.15, 0.2) is 60.7 Å². The van der Waals surface area contributed by atoms with E-state index in [-0.39, 0.29) is 88.8 Å². The lowest BCUT2D eigenvalue weighted by Gasteiger charge is -2.26. The maximum absolute atomic E-state index is 13.7. The number of methoxy groups -OCH3 is 2. The monoisotopic (exact) mass is 2410 g/mol. The lowest BCUT2D eigenvalue weighted by atomic mass is 9.96. The number of carbonyl (C=O) groups is 12. The molecule has 0 aromatic heterocycles. The number of phosphoric acid groups is 2. The Balaban J connectivity index is 0.000000617. The third-order valence-corrected chi connectivity index (χ3v) is 24.2. The Labute approximate surface area is 787 Å². The van der Waals surface area contributed by atoms with E-state index in [2.05, 4.69) is 105 Å². The molecule has 1 fully saturated rings. The summed E-state index contributed by atoms with van der Waals surface area (Å²) in [5.74, 6) is -7.95. The number of aliphatic hydroxyl groups is 1. The predicted octanol–water partition coefficient (Wildman–Crippen LogP) is 11.8. The molecule has 8 atom stereocenters. The van der Waals surface area contributed by atoms with Gasteiger partial charge < -0.3 is 75.7 Å². The van der Waals surface area contributed by atoms with Crippen LogP contribution < -0.4 is 41.4 Å². The molecule has 42 heteroatoms. The molecule has 5 rings (SSSR count). The number of esters is 2. The summed E-state index contributed by atoms with van der Waals surface area (Å²) in [6.45, 7) is 19.3. The van der Waals surface area contributed by atoms with Gasteiger partial charge in [0.25, 0.3) is 23.6 Å². The van der Waals surface area contributed by atoms with Crippen molar-refractivity contribution in [2.24, 2.45) is 11.8 Å². The van der Waals surface area contributed by atoms with Crippen molar-refractivity contribution in [2.75, 3.05) is 60.8 Å². The third-order valence-electron chi connectivity index (χ3n) is 16.8. The van der Waals surface area contributed by atoms with E-state index in [0.717, 1.165) is 49.3 Å². The van der Waals surface area contributed by atoms with Crippen molar-refractivity contribution >= 4 is 222 Å². The van der Waals surface area contributed by atoms with Crippen molar-refractivity contribution in [3.63, 3.8) is 0 Å². The SMILES string of the molecule is CO.COc1c(I)cc(I)c(C(=O)N[C@H](CC(=O)N[C@H](CNC(=O)[C@@H](C)c2ccc(CC(C)C)cc2)COP(=O)(O)OCCCCC(=O)O)C(=O)OC(C)(C)C)c1I.COc1c(I)cc(I)c(C(=O)N[C@H](CC(=O)N[C@H](CNC(=O)[C@@H](C)c2ccc(CC(C)C)cc2)COP(=O)(O)OCCCCC(=O)ON2C(=O)CCC2=O)C(=O)OC(C)(C)C)c1I. The summed E-state index contributed by atoms with van der Waals surface area (Å²) >= 11 is 12.1. The second kappa shape index (κ2) is 53.5. The number of nitrogens with zero attached hydrogens (tertiary/aromatic N) is 1. The molecule has 0 spiro atoms. The van der Waals surface area contributed by atoms with Crippen molar-refractivity contribution in [1.82, 2.24) is 37.0 Å². The van der Waals surface area contributed by atoms with Crippen LogP contribution in [0.2, 0.25) is 0 Å². The molecule has 1 aliphatic rings. The zero-order chi connectivity index (χ0) is 91.6. The summed E-state index contributed by atoms with van der Waals surface area (Å²) in [6, 6.07) is 13.6. The number of ether oxygens (including phenoxy) is 4. The van der Waals surface area contributed by atoms with Crippen molar-refractivity contribution < 1.29 is 129 Å². The van der Waals surface area contributed by atoms with Crippen LogP contribution in [0.5, 0.6) is 11.5 Å². The fourth-order valence-corrected chi connectivity index (χ4v) is 21.2. The van der Waals surface area contributed by atoms with Crippen LogP contribution in [0.1, 0.15) is 202 Å². The maximum Gasteiger partial charge on any atom is 0.472 e. The van der Waals surface area contributed by atoms with Crippen molar-refractivity contribution in [3.05, 3.63) is 115 Å². The van der Waals surface area contributed by atoms with Gasteiger partial charge in [0.1, 0.15) is 34.8 Å². The summed E-state index contributed by atoms with van der Waals surface area (Å²) in [5, 5.41) is 32.2. The third kappa shape index (κ3) is 40.6. The molecule has 0 radical (unpaired) electrons. The smallest absolute Gasteiger partial charge is 0.472 e. The molecule has 2 unspecified atom stereocenters. The number of aliphatic hydroxyl groups excluding tert-OH is 1. The van der Waals surface area contributed by atoms with Crippen molar-refractivity contribution in [2.45, 2.75) is 207 Å². The van der Waals surface area contributed by atoms with Gasteiger partial charge in [0, 0.05) is 53.0 Å². The van der Waals surface area contributed by atoms with Gasteiger partial charge in [-0.15, -0.1) is 5.06 Å². The highest BCUT2D eigenvalue weighted by atomic mass is 127. The Hall–Kier alpha value is -5.12. The fourth-order valence-electron chi connectivity index (χ4n) is 11.0. The summed E-state index contributed by atoms with van der Waals surface area (Å²) in [6.07, 6.45) is 0.659. The van der Waals surface area contributed by atoms with E-state index in [1.54, 1.807) is 67.5 Å². The van der Waals surface area contributed by atoms with Gasteiger partial charge in [0.05, 0.1) is 103 Å². The summed E-state index contributed by atoms with van der Waals surface area (Å²) in [7, 11) is -5.52. The number of phosphoric ester groups is 2. The Morgan fingerprint density at radius 3 is 1.17 bits per heavy atom. The highest BCUT2D eigenvalue weighted by Gasteiger charge is 2.37. The molecule has 34 nitrogen and oxygen atoms in total. The number of rotatable bonds is 45. The lowest BCUT2D eigenvalue weighted by Crippen LogP contribution is -2.51. The van der Waals surface area contributed by atoms with E-state index in [1.807, 2.05) is 139 Å². The van der Waals surface area contributed by atoms with Gasteiger partial charge in [-0.2, -0.15) is 0 Å². The van der Waals surface area contributed by atoms with E-state index in [1.165, 1.54) is 14.2 Å². The van der Waals surface area contributed by atoms with Crippen LogP contribution >= 0.6 is 151 Å². The number of benzene rings is 4. The van der Waals surface area contributed by atoms with Crippen LogP contribution in [-0.2, 0) is 102 Å². The molecular weight excluding hydrogens is 2300 g/mol. The van der Waals surface area contributed by atoms with E-state index in [4.69, 9.17) is 52.1 Å². The second-order valence-electron chi connectivity index (χ2n) is 30.3. The van der Waals surface area contributed by atoms with Crippen LogP contribution in [-0.4, -0.2) is 192 Å². The summed E-state index contributed by atoms with van der Waals surface area (Å²) in [5.41, 5.74) is 2.25. The van der Waals surface area contributed by atoms with E-state index in [9.17, 15) is 76.5 Å². The van der Waals surface area contributed by atoms with Gasteiger partial charge in [0.2, 0.25) is 23.6 Å². The standard InChI is InChI=1S/C41H54I3N4O14P.C37H51I3N3O12P.CH4O/c1-23(2)18-25-11-13-26(14-12-25)24(3)38(53)45-21-27(22-60-63(56,57)59-17-9-8-10-34(52)62-48-32(50)15-16-33(48)51)46-31(49)20-30(40(55)61-41(4,5)6)47-39(54)35-28(42)19-29(43)37(58-7)36(35)44;1-21(2)16-23-11-13-24(14-12-23)22(3)34(47)41-19-25(20-54-56(50,51)53-15-9-8-10-30(45)46)42-29(44)18-28(36(49)55-37(4,5)6)43-35(48)31-26(38)17-27(39)33(52-7)32(31)40;1-2/h11-14,19,23-24,27,30H,8-10,15-18,20-22H2,1-7H3,(H,45,53)(H,46,49)(H,47,54)(H,56,57);11-14,17,21-22,25,28H,8-10,15-16,18-20H2,1-7H3,(H,41,47)(H,42,44)(H,43,48)(H,45,46)(H,50,51);2H,1H3/t24-,27+,30+;22-,25+,28+;/m00./s1. The number of halogens is 6. The maximum atomic E-state index is 13.7. The van der Waals surface area contributed by atoms with Crippen molar-refractivity contribution in [3.8, 4) is 11.5 Å². The predicted molar refractivity (Wildman–Crippen MR) is 497 cm³/mol.